The smallest absolute Gasteiger partial charge is 0.203 e. The molecular formula is C22H33N5O3. The number of benzene rings is 1. The summed E-state index contributed by atoms with van der Waals surface area (Å²) in [5.74, 6) is 3.44. The molecule has 1 aliphatic heterocycles. The van der Waals surface area contributed by atoms with Gasteiger partial charge in [-0.3, -0.25) is 9.67 Å². The average molecular weight is 416 g/mol. The zero-order chi connectivity index (χ0) is 21.5. The summed E-state index contributed by atoms with van der Waals surface area (Å²) < 4.78 is 18.3. The molecule has 0 bridgehead atoms. The van der Waals surface area contributed by atoms with Crippen LogP contribution in [0.4, 0.5) is 0 Å². The lowest BCUT2D eigenvalue weighted by atomic mass is 10.0. The van der Waals surface area contributed by atoms with Crippen molar-refractivity contribution in [1.82, 2.24) is 20.0 Å². The molecule has 8 heteroatoms. The van der Waals surface area contributed by atoms with Gasteiger partial charge in [-0.05, 0) is 31.4 Å². The predicted molar refractivity (Wildman–Crippen MR) is 118 cm³/mol. The summed E-state index contributed by atoms with van der Waals surface area (Å²) in [5.41, 5.74) is 2.34. The number of nitrogens with zero attached hydrogens (tertiary/aromatic N) is 4. The maximum absolute atomic E-state index is 5.59. The Kier molecular flexibility index (Phi) is 7.43. The third kappa shape index (κ3) is 4.80. The number of guanidine groups is 1. The van der Waals surface area contributed by atoms with Gasteiger partial charge in [-0.2, -0.15) is 5.10 Å². The van der Waals surface area contributed by atoms with Crippen molar-refractivity contribution >= 4 is 5.96 Å². The summed E-state index contributed by atoms with van der Waals surface area (Å²) in [6.45, 7) is 5.54. The molecule has 1 aromatic carbocycles. The van der Waals surface area contributed by atoms with Gasteiger partial charge in [0, 0.05) is 50.9 Å². The fraction of sp³-hybridized carbons (Fsp3) is 0.545. The maximum Gasteiger partial charge on any atom is 0.203 e. The molecule has 0 spiro atoms. The molecule has 1 unspecified atom stereocenters. The molecule has 0 radical (unpaired) electrons. The molecule has 1 aliphatic rings. The van der Waals surface area contributed by atoms with Gasteiger partial charge in [-0.1, -0.05) is 6.07 Å². The van der Waals surface area contributed by atoms with Crippen LogP contribution in [0.5, 0.6) is 17.2 Å². The number of methoxy groups -OCH3 is 3. The fourth-order valence-electron chi connectivity index (χ4n) is 3.94. The van der Waals surface area contributed by atoms with Crippen molar-refractivity contribution in [2.75, 3.05) is 47.5 Å². The first-order valence-electron chi connectivity index (χ1n) is 10.4. The Bertz CT molecular complexity index is 864. The number of ether oxygens (including phenoxy) is 3. The quantitative estimate of drug-likeness (QED) is 0.527. The highest BCUT2D eigenvalue weighted by atomic mass is 16.5. The molecule has 2 aromatic rings. The number of likely N-dealkylation sites (tertiary alicyclic amines) is 1. The zero-order valence-corrected chi connectivity index (χ0v) is 18.6. The van der Waals surface area contributed by atoms with Crippen molar-refractivity contribution in [3.8, 4) is 17.2 Å². The van der Waals surface area contributed by atoms with Crippen molar-refractivity contribution in [3.63, 3.8) is 0 Å². The largest absolute Gasteiger partial charge is 0.493 e. The van der Waals surface area contributed by atoms with Crippen LogP contribution in [0.3, 0.4) is 0 Å². The van der Waals surface area contributed by atoms with Crippen LogP contribution in [0.2, 0.25) is 0 Å². The lowest BCUT2D eigenvalue weighted by Gasteiger charge is -2.21. The topological polar surface area (TPSA) is 73.1 Å². The van der Waals surface area contributed by atoms with Gasteiger partial charge in [0.2, 0.25) is 5.75 Å². The molecule has 1 atom stereocenters. The normalized spacial score (nSPS) is 16.6. The summed E-state index contributed by atoms with van der Waals surface area (Å²) >= 11 is 0. The monoisotopic (exact) mass is 415 g/mol. The number of hydrogen-bond donors (Lipinski definition) is 1. The van der Waals surface area contributed by atoms with E-state index in [1.807, 2.05) is 30.1 Å². The third-order valence-electron chi connectivity index (χ3n) is 5.45. The third-order valence-corrected chi connectivity index (χ3v) is 5.45. The van der Waals surface area contributed by atoms with Crippen LogP contribution in [-0.4, -0.2) is 68.1 Å². The van der Waals surface area contributed by atoms with E-state index >= 15 is 0 Å². The van der Waals surface area contributed by atoms with Gasteiger partial charge in [-0.25, -0.2) is 0 Å². The second-order valence-corrected chi connectivity index (χ2v) is 7.36. The zero-order valence-electron chi connectivity index (χ0n) is 18.6. The van der Waals surface area contributed by atoms with E-state index < -0.39 is 0 Å². The van der Waals surface area contributed by atoms with Crippen LogP contribution in [-0.2, 0) is 13.5 Å². The van der Waals surface area contributed by atoms with Gasteiger partial charge in [0.15, 0.2) is 17.5 Å². The van der Waals surface area contributed by atoms with Crippen molar-refractivity contribution in [2.24, 2.45) is 12.0 Å². The first-order chi connectivity index (χ1) is 14.6. The van der Waals surface area contributed by atoms with Gasteiger partial charge in [0.25, 0.3) is 0 Å². The molecule has 164 valence electrons. The Hall–Kier alpha value is -2.90. The molecule has 0 amide bonds. The number of rotatable bonds is 8. The van der Waals surface area contributed by atoms with Crippen molar-refractivity contribution in [3.05, 3.63) is 35.7 Å². The molecule has 3 rings (SSSR count). The second kappa shape index (κ2) is 10.2. The van der Waals surface area contributed by atoms with E-state index in [0.717, 1.165) is 44.0 Å². The van der Waals surface area contributed by atoms with E-state index in [9.17, 15) is 0 Å². The van der Waals surface area contributed by atoms with Crippen LogP contribution < -0.4 is 19.5 Å². The lowest BCUT2D eigenvalue weighted by Crippen LogP contribution is -2.40. The van der Waals surface area contributed by atoms with E-state index in [0.29, 0.717) is 29.7 Å². The Labute approximate surface area is 178 Å². The van der Waals surface area contributed by atoms with Gasteiger partial charge < -0.3 is 24.4 Å². The van der Waals surface area contributed by atoms with Crippen LogP contribution in [0.1, 0.15) is 30.4 Å². The molecule has 2 heterocycles. The van der Waals surface area contributed by atoms with Gasteiger partial charge in [-0.15, -0.1) is 0 Å². The number of hydrogen-bond acceptors (Lipinski definition) is 5. The van der Waals surface area contributed by atoms with Gasteiger partial charge in [0.05, 0.1) is 27.5 Å². The lowest BCUT2D eigenvalue weighted by molar-refractivity contribution is 0.322. The molecule has 8 nitrogen and oxygen atoms in total. The molecule has 1 aromatic heterocycles. The summed E-state index contributed by atoms with van der Waals surface area (Å²) in [7, 11) is 6.86. The number of nitrogens with one attached hydrogen (secondary N) is 1. The van der Waals surface area contributed by atoms with E-state index in [1.54, 1.807) is 21.3 Å². The molecular weight excluding hydrogens is 382 g/mol. The van der Waals surface area contributed by atoms with Gasteiger partial charge >= 0.3 is 0 Å². The standard InChI is InChI=1S/C22H33N5O3/c1-6-23-22(27-12-10-17(15-27)18-13-25-26(2)14-18)24-11-9-16-7-8-19(28-3)21(30-5)20(16)29-4/h7-8,13-14,17H,6,9-12,15H2,1-5H3,(H,23,24). The summed E-state index contributed by atoms with van der Waals surface area (Å²) in [6.07, 6.45) is 5.95. The Morgan fingerprint density at radius 3 is 2.63 bits per heavy atom. The van der Waals surface area contributed by atoms with E-state index in [2.05, 4.69) is 28.4 Å². The minimum atomic E-state index is 0.494. The highest BCUT2D eigenvalue weighted by Crippen LogP contribution is 2.39. The highest BCUT2D eigenvalue weighted by Gasteiger charge is 2.27. The molecule has 30 heavy (non-hydrogen) atoms. The minimum absolute atomic E-state index is 0.494. The average Bonchev–Trinajstić information content (AvgIpc) is 3.41. The van der Waals surface area contributed by atoms with Crippen molar-refractivity contribution in [2.45, 2.75) is 25.7 Å². The van der Waals surface area contributed by atoms with Gasteiger partial charge in [0.1, 0.15) is 0 Å². The highest BCUT2D eigenvalue weighted by molar-refractivity contribution is 5.80. The Morgan fingerprint density at radius 1 is 1.20 bits per heavy atom. The first-order valence-corrected chi connectivity index (χ1v) is 10.4. The second-order valence-electron chi connectivity index (χ2n) is 7.36. The van der Waals surface area contributed by atoms with Crippen LogP contribution >= 0.6 is 0 Å². The minimum Gasteiger partial charge on any atom is -0.493 e. The number of aromatic nitrogens is 2. The first kappa shape index (κ1) is 21.8. The summed E-state index contributed by atoms with van der Waals surface area (Å²) in [4.78, 5) is 7.22. The Balaban J connectivity index is 1.69. The molecule has 1 fully saturated rings. The molecule has 0 saturated carbocycles. The van der Waals surface area contributed by atoms with E-state index in [1.165, 1.54) is 5.56 Å². The molecule has 1 saturated heterocycles. The summed E-state index contributed by atoms with van der Waals surface area (Å²) in [5, 5.41) is 7.75. The van der Waals surface area contributed by atoms with Crippen LogP contribution in [0.15, 0.2) is 29.5 Å². The maximum atomic E-state index is 5.59. The van der Waals surface area contributed by atoms with E-state index in [-0.39, 0.29) is 0 Å². The molecule has 1 N–H and O–H groups in total. The Morgan fingerprint density at radius 2 is 2.00 bits per heavy atom. The SMILES string of the molecule is CCNC(=NCCc1ccc(OC)c(OC)c1OC)N1CCC(c2cnn(C)c2)C1. The van der Waals surface area contributed by atoms with Crippen molar-refractivity contribution < 1.29 is 14.2 Å². The molecule has 0 aliphatic carbocycles. The van der Waals surface area contributed by atoms with Crippen LogP contribution in [0, 0.1) is 0 Å². The van der Waals surface area contributed by atoms with E-state index in [4.69, 9.17) is 19.2 Å². The number of aliphatic imine (C=N–C) groups is 1. The summed E-state index contributed by atoms with van der Waals surface area (Å²) in [6, 6.07) is 3.92. The van der Waals surface area contributed by atoms with Crippen molar-refractivity contribution in [1.29, 1.82) is 0 Å². The predicted octanol–water partition coefficient (Wildman–Crippen LogP) is 2.44. The fourth-order valence-corrected chi connectivity index (χ4v) is 3.94. The number of aryl methyl sites for hydroxylation is 1. The van der Waals surface area contributed by atoms with Crippen LogP contribution in [0.25, 0.3) is 0 Å².